The third-order valence-corrected chi connectivity index (χ3v) is 5.40. The third kappa shape index (κ3) is 6.83. The van der Waals surface area contributed by atoms with Crippen LogP contribution in [0.25, 0.3) is 0 Å². The van der Waals surface area contributed by atoms with E-state index in [1.807, 2.05) is 17.9 Å². The lowest BCUT2D eigenvalue weighted by Crippen LogP contribution is -2.31. The number of hydrogen-bond acceptors (Lipinski definition) is 4. The second-order valence-electron chi connectivity index (χ2n) is 8.03. The highest BCUT2D eigenvalue weighted by Gasteiger charge is 2.17. The van der Waals surface area contributed by atoms with Crippen LogP contribution in [0.1, 0.15) is 59.7 Å². The van der Waals surface area contributed by atoms with E-state index < -0.39 is 0 Å². The normalized spacial score (nSPS) is 13.7. The molecule has 3 amide bonds. The zero-order valence-corrected chi connectivity index (χ0v) is 18.7. The number of benzene rings is 2. The number of nitrogens with zero attached hydrogens (tertiary/aromatic N) is 1. The van der Waals surface area contributed by atoms with Crippen molar-refractivity contribution in [3.05, 3.63) is 59.7 Å². The van der Waals surface area contributed by atoms with Gasteiger partial charge in [-0.3, -0.25) is 14.4 Å². The molecule has 32 heavy (non-hydrogen) atoms. The fraction of sp³-hybridized carbons (Fsp3) is 0.400. The average Bonchev–Trinajstić information content (AvgIpc) is 3.11. The topological polar surface area (TPSA) is 90.5 Å². The largest absolute Gasteiger partial charge is 0.376 e. The van der Waals surface area contributed by atoms with Crippen LogP contribution in [0.2, 0.25) is 0 Å². The van der Waals surface area contributed by atoms with Crippen LogP contribution in [-0.2, 0) is 4.79 Å². The Morgan fingerprint density at radius 3 is 2.25 bits per heavy atom. The lowest BCUT2D eigenvalue weighted by Gasteiger charge is -2.20. The first-order valence-corrected chi connectivity index (χ1v) is 11.4. The summed E-state index contributed by atoms with van der Waals surface area (Å²) >= 11 is 0. The summed E-state index contributed by atoms with van der Waals surface area (Å²) in [4.78, 5) is 39.3. The Balaban J connectivity index is 1.55. The molecule has 1 heterocycles. The minimum Gasteiger partial charge on any atom is -0.376 e. The Bertz CT molecular complexity index is 936. The molecule has 3 N–H and O–H groups in total. The maximum atomic E-state index is 12.8. The summed E-state index contributed by atoms with van der Waals surface area (Å²) in [7, 11) is 0. The fourth-order valence-electron chi connectivity index (χ4n) is 3.68. The summed E-state index contributed by atoms with van der Waals surface area (Å²) in [6.07, 6.45) is 5.28. The van der Waals surface area contributed by atoms with E-state index in [4.69, 9.17) is 0 Å². The quantitative estimate of drug-likeness (QED) is 0.586. The van der Waals surface area contributed by atoms with Gasteiger partial charge >= 0.3 is 0 Å². The highest BCUT2D eigenvalue weighted by molar-refractivity contribution is 5.98. The van der Waals surface area contributed by atoms with Crippen LogP contribution in [0.3, 0.4) is 0 Å². The second kappa shape index (κ2) is 11.9. The average molecular weight is 437 g/mol. The summed E-state index contributed by atoms with van der Waals surface area (Å²) in [5.41, 5.74) is 2.41. The molecule has 0 unspecified atom stereocenters. The van der Waals surface area contributed by atoms with Crippen LogP contribution >= 0.6 is 0 Å². The van der Waals surface area contributed by atoms with Crippen molar-refractivity contribution in [2.45, 2.75) is 39.0 Å². The van der Waals surface area contributed by atoms with E-state index in [1.165, 1.54) is 12.8 Å². The standard InChI is InChI=1S/C25H32N4O3/c1-2-13-26-24(31)19-9-7-11-21(16-19)27-18-23(30)28-22-12-8-10-20(17-22)25(32)29-14-5-3-4-6-15-29/h7-12,16-17,27H,2-6,13-15,18H2,1H3,(H,26,31)(H,28,30). The van der Waals surface area contributed by atoms with Gasteiger partial charge in [-0.2, -0.15) is 0 Å². The van der Waals surface area contributed by atoms with Crippen molar-refractivity contribution >= 4 is 29.1 Å². The lowest BCUT2D eigenvalue weighted by molar-refractivity contribution is -0.114. The molecule has 0 spiro atoms. The number of carbonyl (C=O) groups is 3. The summed E-state index contributed by atoms with van der Waals surface area (Å²) in [5.74, 6) is -0.352. The number of likely N-dealkylation sites (tertiary alicyclic amines) is 1. The molecule has 1 saturated heterocycles. The van der Waals surface area contributed by atoms with Crippen LogP contribution in [0.5, 0.6) is 0 Å². The Morgan fingerprint density at radius 2 is 1.53 bits per heavy atom. The zero-order valence-electron chi connectivity index (χ0n) is 18.7. The number of nitrogens with one attached hydrogen (secondary N) is 3. The monoisotopic (exact) mass is 436 g/mol. The number of carbonyl (C=O) groups excluding carboxylic acids is 3. The molecule has 0 bridgehead atoms. The molecule has 2 aromatic carbocycles. The number of anilines is 2. The molecule has 0 radical (unpaired) electrons. The summed E-state index contributed by atoms with van der Waals surface area (Å²) in [6.45, 7) is 4.24. The minimum absolute atomic E-state index is 0.0132. The van der Waals surface area contributed by atoms with Crippen LogP contribution in [0.4, 0.5) is 11.4 Å². The molecular formula is C25H32N4O3. The van der Waals surface area contributed by atoms with Gasteiger partial charge in [0.25, 0.3) is 11.8 Å². The first kappa shape index (κ1) is 23.3. The third-order valence-electron chi connectivity index (χ3n) is 5.40. The minimum atomic E-state index is -0.231. The van der Waals surface area contributed by atoms with Gasteiger partial charge < -0.3 is 20.9 Å². The van der Waals surface area contributed by atoms with Crippen molar-refractivity contribution in [2.75, 3.05) is 36.8 Å². The van der Waals surface area contributed by atoms with E-state index in [9.17, 15) is 14.4 Å². The van der Waals surface area contributed by atoms with Gasteiger partial charge in [0, 0.05) is 42.1 Å². The lowest BCUT2D eigenvalue weighted by atomic mass is 10.1. The second-order valence-corrected chi connectivity index (χ2v) is 8.03. The molecule has 1 aliphatic heterocycles. The molecule has 1 fully saturated rings. The van der Waals surface area contributed by atoms with Crippen molar-refractivity contribution < 1.29 is 14.4 Å². The predicted molar refractivity (Wildman–Crippen MR) is 127 cm³/mol. The Morgan fingerprint density at radius 1 is 0.875 bits per heavy atom. The van der Waals surface area contributed by atoms with Crippen molar-refractivity contribution in [1.29, 1.82) is 0 Å². The number of rotatable bonds is 8. The highest BCUT2D eigenvalue weighted by atomic mass is 16.2. The predicted octanol–water partition coefficient (Wildman–Crippen LogP) is 3.89. The molecule has 7 nitrogen and oxygen atoms in total. The molecule has 0 atom stereocenters. The summed E-state index contributed by atoms with van der Waals surface area (Å²) < 4.78 is 0. The highest BCUT2D eigenvalue weighted by Crippen LogP contribution is 2.17. The van der Waals surface area contributed by atoms with Crippen LogP contribution in [0, 0.1) is 0 Å². The van der Waals surface area contributed by atoms with Crippen LogP contribution in [-0.4, -0.2) is 48.8 Å². The fourth-order valence-corrected chi connectivity index (χ4v) is 3.68. The summed E-state index contributed by atoms with van der Waals surface area (Å²) in [5, 5.41) is 8.72. The van der Waals surface area contributed by atoms with Crippen molar-refractivity contribution in [1.82, 2.24) is 10.2 Å². The van der Waals surface area contributed by atoms with Gasteiger partial charge in [-0.25, -0.2) is 0 Å². The van der Waals surface area contributed by atoms with Crippen molar-refractivity contribution in [3.8, 4) is 0 Å². The van der Waals surface area contributed by atoms with Gasteiger partial charge in [-0.1, -0.05) is 31.9 Å². The maximum Gasteiger partial charge on any atom is 0.253 e. The van der Waals surface area contributed by atoms with Crippen LogP contribution < -0.4 is 16.0 Å². The molecule has 2 aromatic rings. The Hall–Kier alpha value is -3.35. The molecule has 7 heteroatoms. The number of hydrogen-bond donors (Lipinski definition) is 3. The van der Waals surface area contributed by atoms with E-state index in [0.717, 1.165) is 32.4 Å². The van der Waals surface area contributed by atoms with Gasteiger partial charge in [0.15, 0.2) is 0 Å². The molecule has 170 valence electrons. The molecule has 0 aromatic heterocycles. The van der Waals surface area contributed by atoms with Gasteiger partial charge in [0.1, 0.15) is 0 Å². The van der Waals surface area contributed by atoms with E-state index in [2.05, 4.69) is 16.0 Å². The van der Waals surface area contributed by atoms with Gasteiger partial charge in [-0.05, 0) is 55.7 Å². The SMILES string of the molecule is CCCNC(=O)c1cccc(NCC(=O)Nc2cccc(C(=O)N3CCCCCC3)c2)c1. The number of amides is 3. The van der Waals surface area contributed by atoms with Crippen LogP contribution in [0.15, 0.2) is 48.5 Å². The maximum absolute atomic E-state index is 12.8. The van der Waals surface area contributed by atoms with E-state index in [1.54, 1.807) is 42.5 Å². The molecule has 0 aliphatic carbocycles. The zero-order chi connectivity index (χ0) is 22.8. The Kier molecular flexibility index (Phi) is 8.66. The first-order chi connectivity index (χ1) is 15.6. The van der Waals surface area contributed by atoms with Gasteiger partial charge in [0.2, 0.25) is 5.91 Å². The Labute approximate surface area is 189 Å². The first-order valence-electron chi connectivity index (χ1n) is 11.4. The van der Waals surface area contributed by atoms with E-state index >= 15 is 0 Å². The summed E-state index contributed by atoms with van der Waals surface area (Å²) in [6, 6.07) is 14.1. The smallest absolute Gasteiger partial charge is 0.253 e. The van der Waals surface area contributed by atoms with Gasteiger partial charge in [0.05, 0.1) is 6.54 Å². The van der Waals surface area contributed by atoms with E-state index in [0.29, 0.717) is 29.0 Å². The van der Waals surface area contributed by atoms with Gasteiger partial charge in [-0.15, -0.1) is 0 Å². The molecule has 3 rings (SSSR count). The van der Waals surface area contributed by atoms with E-state index in [-0.39, 0.29) is 24.3 Å². The molecular weight excluding hydrogens is 404 g/mol. The molecule has 0 saturated carbocycles. The molecule has 1 aliphatic rings. The van der Waals surface area contributed by atoms with Crippen molar-refractivity contribution in [3.63, 3.8) is 0 Å². The van der Waals surface area contributed by atoms with Crippen molar-refractivity contribution in [2.24, 2.45) is 0 Å².